The van der Waals surface area contributed by atoms with Crippen molar-refractivity contribution in [2.75, 3.05) is 47.1 Å². The first-order valence-corrected chi connectivity index (χ1v) is 11.8. The molecule has 1 aromatic carbocycles. The number of nitrogens with zero attached hydrogens (tertiary/aromatic N) is 3. The molecule has 0 bridgehead atoms. The summed E-state index contributed by atoms with van der Waals surface area (Å²) in [5.41, 5.74) is 2.73. The quantitative estimate of drug-likeness (QED) is 0.112. The Labute approximate surface area is 196 Å². The summed E-state index contributed by atoms with van der Waals surface area (Å²) in [4.78, 5) is 30.8. The number of para-hydroxylation sites is 1. The number of hydrogen-bond donors (Lipinski definition) is 1. The number of hydrogen-bond acceptors (Lipinski definition) is 8. The van der Waals surface area contributed by atoms with E-state index in [1.807, 2.05) is 18.8 Å². The Morgan fingerprint density at radius 2 is 1.85 bits per heavy atom. The van der Waals surface area contributed by atoms with Crippen molar-refractivity contribution in [3.8, 4) is 0 Å². The monoisotopic (exact) mass is 484 g/mol. The molecule has 0 fully saturated rings. The molecule has 0 saturated heterocycles. The Morgan fingerprint density at radius 3 is 2.52 bits per heavy atom. The third-order valence-corrected chi connectivity index (χ3v) is 5.82. The zero-order valence-corrected chi connectivity index (χ0v) is 20.3. The molecule has 0 aromatic heterocycles. The smallest absolute Gasteiger partial charge is 0.431 e. The van der Waals surface area contributed by atoms with Gasteiger partial charge in [0.15, 0.2) is 0 Å². The summed E-state index contributed by atoms with van der Waals surface area (Å²) >= 11 is 0. The van der Waals surface area contributed by atoms with E-state index < -0.39 is 19.5 Å². The van der Waals surface area contributed by atoms with Gasteiger partial charge in [-0.3, -0.25) is 15.0 Å². The maximum Gasteiger partial charge on any atom is 0.431 e. The molecule has 1 amide bonds. The van der Waals surface area contributed by atoms with E-state index in [1.165, 1.54) is 6.07 Å². The van der Waals surface area contributed by atoms with Crippen molar-refractivity contribution in [2.45, 2.75) is 38.5 Å². The zero-order chi connectivity index (χ0) is 24.5. The molecule has 0 heterocycles. The van der Waals surface area contributed by atoms with Gasteiger partial charge in [-0.1, -0.05) is 38.0 Å². The van der Waals surface area contributed by atoms with Crippen LogP contribution in [0.2, 0.25) is 0 Å². The van der Waals surface area contributed by atoms with E-state index in [0.29, 0.717) is 31.9 Å². The van der Waals surface area contributed by atoms with Crippen LogP contribution < -0.4 is 5.48 Å². The molecule has 0 aliphatic rings. The van der Waals surface area contributed by atoms with Crippen molar-refractivity contribution in [1.29, 1.82) is 0 Å². The minimum Gasteiger partial charge on any atom is -0.447 e. The summed E-state index contributed by atoms with van der Waals surface area (Å²) in [6.07, 6.45) is 2.76. The molecule has 0 aliphatic heterocycles. The molecular formula is C21H33N4O7P. The number of benzene rings is 1. The number of rotatable bonds is 17. The largest absolute Gasteiger partial charge is 0.447 e. The van der Waals surface area contributed by atoms with Gasteiger partial charge in [-0.15, -0.1) is 0 Å². The summed E-state index contributed by atoms with van der Waals surface area (Å²) in [5.74, 6) is -0.328. The van der Waals surface area contributed by atoms with Crippen LogP contribution in [0.1, 0.15) is 44.1 Å². The van der Waals surface area contributed by atoms with Gasteiger partial charge in [0.05, 0.1) is 18.1 Å². The van der Waals surface area contributed by atoms with Crippen molar-refractivity contribution in [2.24, 2.45) is 0 Å². The molecule has 11 nitrogen and oxygen atoms in total. The number of unbranched alkanes of at least 4 members (excludes halogenated alkanes) is 3. The summed E-state index contributed by atoms with van der Waals surface area (Å²) < 4.78 is 18.2. The molecule has 12 heteroatoms. The molecule has 2 unspecified atom stereocenters. The van der Waals surface area contributed by atoms with Crippen LogP contribution in [0.25, 0.3) is 4.85 Å². The minimum atomic E-state index is -1.13. The number of nitro benzene ring substituents is 1. The van der Waals surface area contributed by atoms with Gasteiger partial charge in [0.2, 0.25) is 6.54 Å². The number of ether oxygens (including phenoxy) is 1. The third kappa shape index (κ3) is 12.5. The number of carbonyl (C=O) groups is 1. The summed E-state index contributed by atoms with van der Waals surface area (Å²) in [5, 5.41) is 11.1. The summed E-state index contributed by atoms with van der Waals surface area (Å²) in [6, 6.07) is 6.38. The lowest BCUT2D eigenvalue weighted by atomic mass is 10.0. The number of nitrogens with one attached hydrogen (secondary N) is 1. The Bertz CT molecular complexity index is 760. The highest BCUT2D eigenvalue weighted by atomic mass is 31.2. The second-order valence-corrected chi connectivity index (χ2v) is 9.11. The first-order valence-electron chi connectivity index (χ1n) is 10.7. The van der Waals surface area contributed by atoms with Gasteiger partial charge >= 0.3 is 6.09 Å². The molecule has 0 saturated carbocycles. The average Bonchev–Trinajstić information content (AvgIpc) is 2.80. The number of nitro groups is 1. The van der Waals surface area contributed by atoms with E-state index in [-0.39, 0.29) is 18.2 Å². The number of amides is 1. The van der Waals surface area contributed by atoms with Crippen molar-refractivity contribution >= 4 is 20.3 Å². The number of hydroxylamine groups is 1. The molecular weight excluding hydrogens is 451 g/mol. The highest BCUT2D eigenvalue weighted by Crippen LogP contribution is 2.40. The maximum atomic E-state index is 11.7. The highest BCUT2D eigenvalue weighted by molar-refractivity contribution is 7.44. The first-order chi connectivity index (χ1) is 15.9. The van der Waals surface area contributed by atoms with Gasteiger partial charge in [0, 0.05) is 17.5 Å². The van der Waals surface area contributed by atoms with E-state index in [4.69, 9.17) is 25.2 Å². The van der Waals surface area contributed by atoms with Crippen LogP contribution in [0.3, 0.4) is 0 Å². The topological polar surface area (TPSA) is 117 Å². The Kier molecular flexibility index (Phi) is 14.9. The van der Waals surface area contributed by atoms with Crippen molar-refractivity contribution < 1.29 is 28.3 Å². The molecule has 1 N–H and O–H groups in total. The fraction of sp³-hybridized carbons (Fsp3) is 0.619. The Hall–Kier alpha value is -2.35. The highest BCUT2D eigenvalue weighted by Gasteiger charge is 2.19. The van der Waals surface area contributed by atoms with E-state index in [2.05, 4.69) is 10.3 Å². The van der Waals surface area contributed by atoms with Gasteiger partial charge in [-0.25, -0.2) is 16.0 Å². The van der Waals surface area contributed by atoms with Gasteiger partial charge in [-0.05, 0) is 26.9 Å². The second-order valence-electron chi connectivity index (χ2n) is 7.31. The number of carbonyl (C=O) groups excluding carboxylic acids is 1. The molecule has 184 valence electrons. The summed E-state index contributed by atoms with van der Waals surface area (Å²) in [6.45, 7) is 10.1. The predicted octanol–water partition coefficient (Wildman–Crippen LogP) is 4.66. The fourth-order valence-electron chi connectivity index (χ4n) is 2.71. The molecule has 1 rings (SSSR count). The van der Waals surface area contributed by atoms with E-state index in [0.717, 1.165) is 25.7 Å². The van der Waals surface area contributed by atoms with Crippen molar-refractivity contribution in [3.63, 3.8) is 0 Å². The lowest BCUT2D eigenvalue weighted by molar-refractivity contribution is -0.385. The second kappa shape index (κ2) is 17.2. The van der Waals surface area contributed by atoms with Crippen molar-refractivity contribution in [1.82, 2.24) is 10.2 Å². The molecule has 0 spiro atoms. The molecule has 0 aliphatic carbocycles. The van der Waals surface area contributed by atoms with Crippen LogP contribution in [0.15, 0.2) is 24.3 Å². The summed E-state index contributed by atoms with van der Waals surface area (Å²) in [7, 11) is 2.63. The predicted molar refractivity (Wildman–Crippen MR) is 124 cm³/mol. The van der Waals surface area contributed by atoms with E-state index in [9.17, 15) is 14.9 Å². The Balaban J connectivity index is 2.09. The van der Waals surface area contributed by atoms with Crippen LogP contribution >= 0.6 is 8.53 Å². The normalized spacial score (nSPS) is 12.7. The molecule has 0 radical (unpaired) electrons. The van der Waals surface area contributed by atoms with E-state index >= 15 is 0 Å². The minimum absolute atomic E-state index is 0.00149. The van der Waals surface area contributed by atoms with Crippen LogP contribution in [0, 0.1) is 16.7 Å². The van der Waals surface area contributed by atoms with Gasteiger partial charge in [0.1, 0.15) is 13.2 Å². The molecule has 2 atom stereocenters. The Morgan fingerprint density at radius 1 is 1.18 bits per heavy atom. The first kappa shape index (κ1) is 28.7. The average molecular weight is 484 g/mol. The molecule has 33 heavy (non-hydrogen) atoms. The van der Waals surface area contributed by atoms with Crippen LogP contribution in [-0.2, 0) is 18.6 Å². The third-order valence-electron chi connectivity index (χ3n) is 4.36. The lowest BCUT2D eigenvalue weighted by Crippen LogP contribution is -2.26. The van der Waals surface area contributed by atoms with E-state index in [1.54, 1.807) is 25.1 Å². The van der Waals surface area contributed by atoms with Gasteiger partial charge < -0.3 is 18.6 Å². The van der Waals surface area contributed by atoms with Gasteiger partial charge in [0.25, 0.3) is 14.2 Å². The SMILES string of the molecule is [C-]#[N+]CCOP(OCCCCCCONC(=O)OCC(C)c1ccccc1[N+](=O)[O-])N(C)C. The van der Waals surface area contributed by atoms with Crippen LogP contribution in [-0.4, -0.2) is 62.8 Å². The van der Waals surface area contributed by atoms with Gasteiger partial charge in [-0.2, -0.15) is 5.48 Å². The van der Waals surface area contributed by atoms with Crippen LogP contribution in [0.4, 0.5) is 10.5 Å². The standard InChI is InChI=1S/C21H33N4O7P/c1-18(19-11-7-8-12-20(19)25(27)28)17-29-21(26)23-30-14-9-5-6-10-15-31-33(24(3)4)32-16-13-22-2/h7-8,11-12,18H,5-6,9-10,13-17H2,1,3-4H3,(H,23,26). The lowest BCUT2D eigenvalue weighted by Gasteiger charge is -2.21. The fourth-order valence-corrected chi connectivity index (χ4v) is 3.77. The van der Waals surface area contributed by atoms with Crippen LogP contribution in [0.5, 0.6) is 0 Å². The molecule has 1 aromatic rings. The maximum absolute atomic E-state index is 11.7. The zero-order valence-electron chi connectivity index (χ0n) is 19.4. The van der Waals surface area contributed by atoms with Crippen molar-refractivity contribution in [3.05, 3.63) is 51.4 Å².